The number of benzene rings is 10. The van der Waals surface area contributed by atoms with Gasteiger partial charge in [-0.15, -0.1) is 118 Å². The van der Waals surface area contributed by atoms with Crippen LogP contribution in [0.25, 0.3) is 9.69 Å². The number of phenols is 4. The fourth-order valence-electron chi connectivity index (χ4n) is 11.3. The molecule has 0 amide bonds. The van der Waals surface area contributed by atoms with E-state index in [1.54, 1.807) is 25.1 Å². The van der Waals surface area contributed by atoms with Crippen LogP contribution in [0.15, 0.2) is 121 Å². The van der Waals surface area contributed by atoms with Gasteiger partial charge in [0.05, 0.1) is 78.7 Å². The number of hydrogen-bond donors (Lipinski definition) is 5. The van der Waals surface area contributed by atoms with Crippen molar-refractivity contribution >= 4 is 216 Å². The molecule has 2 saturated carbocycles. The number of methoxy groups -OCH3 is 4. The number of carbonyl (C=O) groups is 6. The van der Waals surface area contributed by atoms with Crippen molar-refractivity contribution in [2.45, 2.75) is 70.8 Å². The van der Waals surface area contributed by atoms with Gasteiger partial charge in [-0.05, 0) is 86.0 Å². The molecule has 6 heterocycles. The standard InChI is InChI=1S/C11H8FNO2.C11H9FO4.C9H6FNO2.2C9H9FO3.C8H6ClFO2.C8H5FO3.C8H7FO2.2C7H5FO3.C2H4BrCl.CN.2CH4.2BBr3.B.Cl2OS.2Na.H/c1-13-11(2-3-11)7-4-9-10(5-8(7)12)15-6-14-9;12-7-4-9-8(15-5-16-9)3-6(7)11(1-2-11)10(13)14;1-11-4-6-2-8-9(3-7(6)10)13-5-12-8;2*1-12-8-3-6(5-11)7(10)4-9(8)13-2;9-3-5-1-7-8(2-6(5)10)12-4-11-7;9-6-2-8-7(11-4-12-8)1-5(6)3-10;1-5-2-7-8(3-6(5)9)11-4-10-7;2*8-5-2-7(11)6(10)1-4(5)3-9;3-1-2-4;1-2;;;2*2-1(3)4;;1-4(2)3;;;/h4-5H,2-3,6H2;3-4H,1-2,5H2,(H,13,14);2-3H,4-5H2;2*3-5H,1-2H3;1-2H,3-4H2;1-3H,4H2;2-3H,4H2,1H3;2*1-3,10-11H;1-2H2;;2*1H4;;;;;;;/q;;;;;;;;;;;-1;;;;;;;2*+1;-1. The second kappa shape index (κ2) is 73.1. The quantitative estimate of drug-likeness (QED) is 0.0121. The molecule has 0 spiro atoms. The van der Waals surface area contributed by atoms with Crippen molar-refractivity contribution in [1.29, 1.82) is 5.26 Å². The summed E-state index contributed by atoms with van der Waals surface area (Å²) >= 11 is 32.4. The van der Waals surface area contributed by atoms with Crippen LogP contribution < -0.4 is 135 Å². The fourth-order valence-corrected chi connectivity index (χ4v) is 11.6. The Bertz CT molecular complexity index is 6120. The van der Waals surface area contributed by atoms with Gasteiger partial charge >= 0.3 is 71.5 Å². The van der Waals surface area contributed by atoms with Crippen LogP contribution in [0.4, 0.5) is 43.9 Å². The maximum atomic E-state index is 13.7. The van der Waals surface area contributed by atoms with Gasteiger partial charge in [0, 0.05) is 126 Å². The van der Waals surface area contributed by atoms with Crippen molar-refractivity contribution < 1.29 is 239 Å². The van der Waals surface area contributed by atoms with Crippen molar-refractivity contribution in [1.82, 2.24) is 0 Å². The minimum Gasteiger partial charge on any atom is -1.00 e. The van der Waals surface area contributed by atoms with Crippen LogP contribution in [0.5, 0.6) is 115 Å². The number of aryl methyl sites for hydroxylation is 1. The Hall–Kier alpha value is -9.35. The molecular weight excluding hydrogens is 2600 g/mol. The molecule has 10 aromatic carbocycles. The molecular formula is C92H82B3Br7Cl4F10N3Na2O28S. The predicted octanol–water partition coefficient (Wildman–Crippen LogP) is 19.1. The molecule has 18 rings (SSSR count). The average molecular weight is 2680 g/mol. The molecule has 6 aliphatic heterocycles. The van der Waals surface area contributed by atoms with Gasteiger partial charge in [-0.25, -0.2) is 61.3 Å². The van der Waals surface area contributed by atoms with Gasteiger partial charge in [0.2, 0.25) is 56.5 Å². The molecule has 3 radical (unpaired) electrons. The van der Waals surface area contributed by atoms with E-state index >= 15 is 0 Å². The van der Waals surface area contributed by atoms with Crippen molar-refractivity contribution in [3.8, 4) is 115 Å². The summed E-state index contributed by atoms with van der Waals surface area (Å²) in [6.45, 7) is 20.9. The first-order valence-corrected chi connectivity index (χ1v) is 49.9. The molecule has 0 bridgehead atoms. The van der Waals surface area contributed by atoms with Crippen molar-refractivity contribution in [2.75, 3.05) is 80.4 Å². The van der Waals surface area contributed by atoms with Crippen LogP contribution in [-0.4, -0.2) is 162 Å². The first-order chi connectivity index (χ1) is 68.9. The minimum absolute atomic E-state index is 0. The largest absolute Gasteiger partial charge is 1.00 e. The number of carbonyl (C=O) groups excluding carboxylic acids is 5. The zero-order valence-corrected chi connectivity index (χ0v) is 96.3. The topological polar surface area (TPSA) is 401 Å². The monoisotopic (exact) mass is 2670 g/mol. The average Bonchev–Trinajstić information content (AvgIpc) is 1.60. The van der Waals surface area contributed by atoms with E-state index in [1.807, 2.05) is 0 Å². The number of fused-ring (bicyclic) bond motifs is 6. The van der Waals surface area contributed by atoms with Crippen LogP contribution >= 0.6 is 155 Å². The normalized spacial score (nSPS) is 12.1. The number of aliphatic carboxylic acids is 1. The molecule has 150 heavy (non-hydrogen) atoms. The summed E-state index contributed by atoms with van der Waals surface area (Å²) in [4.78, 5) is 68.8. The van der Waals surface area contributed by atoms with Crippen LogP contribution in [-0.2, 0) is 37.4 Å². The number of nitrogens with zero attached hydrogens (tertiary/aromatic N) is 3. The maximum Gasteiger partial charge on any atom is 1.00 e. The van der Waals surface area contributed by atoms with E-state index in [1.165, 1.54) is 89.1 Å². The van der Waals surface area contributed by atoms with Crippen molar-refractivity contribution in [2.24, 2.45) is 0 Å². The number of hydrogen-bond acceptors (Lipinski definition) is 28. The molecule has 5 N–H and O–H groups in total. The summed E-state index contributed by atoms with van der Waals surface area (Å²) in [7, 11) is 13.0. The second-order valence-electron chi connectivity index (χ2n) is 27.5. The summed E-state index contributed by atoms with van der Waals surface area (Å²) in [5.41, 5.74) is -0.341. The van der Waals surface area contributed by atoms with E-state index in [4.69, 9.17) is 154 Å². The van der Waals surface area contributed by atoms with E-state index in [0.717, 1.165) is 48.5 Å². The van der Waals surface area contributed by atoms with E-state index < -0.39 is 89.9 Å². The van der Waals surface area contributed by atoms with Crippen molar-refractivity contribution in [3.05, 3.63) is 265 Å². The molecule has 0 aromatic heterocycles. The number of carboxylic acids is 1. The molecule has 0 saturated heterocycles. The first-order valence-electron chi connectivity index (χ1n) is 39.4. The minimum atomic E-state index is -1.67. The molecule has 31 nitrogen and oxygen atoms in total. The first kappa shape index (κ1) is 143. The van der Waals surface area contributed by atoms with Crippen LogP contribution in [0.3, 0.4) is 0 Å². The summed E-state index contributed by atoms with van der Waals surface area (Å²) < 4.78 is 220. The Morgan fingerprint density at radius 1 is 0.420 bits per heavy atom. The Balaban J connectivity index is -0.00000158. The zero-order valence-electron chi connectivity index (χ0n) is 78.4. The number of aldehydes is 5. The van der Waals surface area contributed by atoms with Crippen LogP contribution in [0, 0.1) is 90.1 Å². The van der Waals surface area contributed by atoms with Gasteiger partial charge in [-0.2, -0.15) is 0 Å². The van der Waals surface area contributed by atoms with Gasteiger partial charge in [0.1, 0.15) is 58.2 Å². The number of phenolic OH excluding ortho intramolecular Hbond substituents is 4. The van der Waals surface area contributed by atoms with Gasteiger partial charge in [0.25, 0.3) is 5.54 Å². The van der Waals surface area contributed by atoms with Crippen molar-refractivity contribution in [3.63, 3.8) is 0 Å². The Labute approximate surface area is 981 Å². The number of aromatic hydroxyl groups is 4. The second-order valence-corrected chi connectivity index (χ2v) is 44.3. The molecule has 58 heteroatoms. The summed E-state index contributed by atoms with van der Waals surface area (Å²) in [5, 5.41) is 51.2. The Morgan fingerprint density at radius 3 is 0.953 bits per heavy atom. The summed E-state index contributed by atoms with van der Waals surface area (Å²) in [6, 6.07) is 24.5. The number of carboxylic acid groups (broad SMARTS) is 1. The summed E-state index contributed by atoms with van der Waals surface area (Å²) in [5.74, 6) is -0.997. The third kappa shape index (κ3) is 45.0. The molecule has 0 atom stereocenters. The fraction of sp³-hybridized carbons (Fsp3) is 0.250. The smallest absolute Gasteiger partial charge is 1.00 e. The molecule has 0 unspecified atom stereocenters. The molecule has 8 aliphatic rings. The zero-order chi connectivity index (χ0) is 109. The van der Waals surface area contributed by atoms with E-state index in [0.29, 0.717) is 152 Å². The Morgan fingerprint density at radius 2 is 0.660 bits per heavy atom. The number of rotatable bonds is 15. The predicted molar refractivity (Wildman–Crippen MR) is 556 cm³/mol. The third-order valence-electron chi connectivity index (χ3n) is 18.6. The van der Waals surface area contributed by atoms with Gasteiger partial charge in [-0.3, -0.25) is 28.8 Å². The van der Waals surface area contributed by atoms with Gasteiger partial charge in [0.15, 0.2) is 146 Å². The van der Waals surface area contributed by atoms with E-state index in [-0.39, 0.29) is 218 Å². The van der Waals surface area contributed by atoms with Gasteiger partial charge in [-0.1, -0.05) is 30.8 Å². The molecule has 10 aromatic rings. The van der Waals surface area contributed by atoms with E-state index in [2.05, 4.69) is 142 Å². The van der Waals surface area contributed by atoms with Crippen LogP contribution in [0.1, 0.15) is 122 Å². The third-order valence-corrected chi connectivity index (χ3v) is 19.9. The molecule has 797 valence electrons. The van der Waals surface area contributed by atoms with E-state index in [9.17, 15) is 72.7 Å². The maximum absolute atomic E-state index is 13.7. The number of ether oxygens (including phenoxy) is 16. The van der Waals surface area contributed by atoms with Crippen LogP contribution in [0.2, 0.25) is 0 Å². The number of alkyl halides is 3. The summed E-state index contributed by atoms with van der Waals surface area (Å²) in [6.07, 6.45) is 4.22. The Kier molecular flexibility index (Phi) is 69.5. The molecule has 2 fully saturated rings. The molecule has 2 aliphatic carbocycles. The SMILES string of the molecule is BrB(Br)Br.BrB(Br)Br.C.C.COc1cc(F)c(C=O)cc1OC.COc1cc(F)c(C=O)cc1OC.Cc1cc2c(cc1F)OCO2.ClCCBr.Fc1cc2c(cc1CCl)OCO2.O=C(O)C1(c2cc3c(cc2F)OCO3)CC1.O=Cc1cc(O)c(O)cc1F.O=Cc1cc(O)c(O)cc1F.O=Cc1cc2c(cc1F)OCO2.O=S(Cl)Cl.[B].[C-]#N.[C-]#[N+]C1(c2cc3c(cc2F)OCO3)CC1.[C-]#[N+]Cc1cc2c(cc1F)OCO2.[H-].[Na+].[Na+]. The van der Waals surface area contributed by atoms with Gasteiger partial charge < -0.3 is 124 Å². The number of halogens is 21.